The van der Waals surface area contributed by atoms with Crippen LogP contribution in [0.5, 0.6) is 5.75 Å². The number of amides is 2. The van der Waals surface area contributed by atoms with E-state index in [2.05, 4.69) is 20.6 Å². The van der Waals surface area contributed by atoms with E-state index in [1.54, 1.807) is 27.7 Å². The molecule has 46 heavy (non-hydrogen) atoms. The summed E-state index contributed by atoms with van der Waals surface area (Å²) in [6, 6.07) is 3.63. The molecule has 0 spiro atoms. The minimum absolute atomic E-state index is 0.0622. The SMILES string of the molecule is CCOc1cc(F)c(-c2nc(C(=O)Nc3cnc4c(c3N3C[C@H](C)C[C@H](NC(=O)OC(C)(C)C)C3)CCC4O)ccc2F)c(F)c1. The van der Waals surface area contributed by atoms with E-state index in [4.69, 9.17) is 9.47 Å². The van der Waals surface area contributed by atoms with Crippen LogP contribution in [0, 0.1) is 23.4 Å². The van der Waals surface area contributed by atoms with Crippen LogP contribution in [0.1, 0.15) is 75.3 Å². The van der Waals surface area contributed by atoms with Crippen molar-refractivity contribution in [3.8, 4) is 17.0 Å². The Labute approximate surface area is 265 Å². The molecule has 1 fully saturated rings. The number of hydrogen-bond acceptors (Lipinski definition) is 8. The topological polar surface area (TPSA) is 126 Å². The lowest BCUT2D eigenvalue weighted by Gasteiger charge is -2.40. The quantitative estimate of drug-likeness (QED) is 0.290. The van der Waals surface area contributed by atoms with Crippen LogP contribution in [0.3, 0.4) is 0 Å². The Bertz CT molecular complexity index is 1620. The average Bonchev–Trinajstić information content (AvgIpc) is 3.32. The van der Waals surface area contributed by atoms with E-state index in [-0.39, 0.29) is 30.0 Å². The van der Waals surface area contributed by atoms with Crippen LogP contribution in [0.4, 0.5) is 29.3 Å². The minimum atomic E-state index is -1.09. The maximum atomic E-state index is 14.9. The molecule has 0 saturated carbocycles. The normalized spacial score (nSPS) is 19.4. The molecule has 13 heteroatoms. The van der Waals surface area contributed by atoms with Crippen molar-refractivity contribution in [3.63, 3.8) is 0 Å². The summed E-state index contributed by atoms with van der Waals surface area (Å²) in [5.74, 6) is -3.88. The summed E-state index contributed by atoms with van der Waals surface area (Å²) in [5.41, 5.74) is -0.113. The third-order valence-electron chi connectivity index (χ3n) is 7.75. The Balaban J connectivity index is 1.46. The van der Waals surface area contributed by atoms with Crippen molar-refractivity contribution < 1.29 is 37.3 Å². The number of aliphatic hydroxyl groups is 1. The Kier molecular flexibility index (Phi) is 9.43. The van der Waals surface area contributed by atoms with E-state index >= 15 is 0 Å². The largest absolute Gasteiger partial charge is 0.494 e. The standard InChI is InChI=1S/C33H38F3N5O5/c1-6-45-19-12-22(35)27(23(36)13-19)29-21(34)8-9-24(39-29)31(43)40-25-14-37-28-20(7-10-26(28)42)30(25)41-15-17(2)11-18(16-41)38-32(44)46-33(3,4)5/h8-9,12-14,17-18,26,42H,6-7,10-11,15-16H2,1-5H3,(H,38,44)(H,40,43)/t17-,18+,26?/m1/s1. The predicted octanol–water partition coefficient (Wildman–Crippen LogP) is 5.93. The Morgan fingerprint density at radius 1 is 1.11 bits per heavy atom. The summed E-state index contributed by atoms with van der Waals surface area (Å²) >= 11 is 0. The lowest BCUT2D eigenvalue weighted by molar-refractivity contribution is 0.0495. The smallest absolute Gasteiger partial charge is 0.407 e. The van der Waals surface area contributed by atoms with Gasteiger partial charge in [0.2, 0.25) is 0 Å². The number of carbonyl (C=O) groups is 2. The van der Waals surface area contributed by atoms with Crippen molar-refractivity contribution in [2.75, 3.05) is 29.9 Å². The minimum Gasteiger partial charge on any atom is -0.494 e. The molecular formula is C33H38F3N5O5. The fourth-order valence-corrected chi connectivity index (χ4v) is 6.03. The molecule has 3 aromatic rings. The molecule has 1 saturated heterocycles. The maximum Gasteiger partial charge on any atom is 0.407 e. The predicted molar refractivity (Wildman–Crippen MR) is 165 cm³/mol. The molecule has 2 aliphatic rings. The van der Waals surface area contributed by atoms with E-state index in [0.29, 0.717) is 49.4 Å². The van der Waals surface area contributed by atoms with Gasteiger partial charge in [-0.15, -0.1) is 0 Å². The van der Waals surface area contributed by atoms with Gasteiger partial charge >= 0.3 is 6.09 Å². The lowest BCUT2D eigenvalue weighted by Crippen LogP contribution is -2.51. The van der Waals surface area contributed by atoms with Gasteiger partial charge < -0.3 is 30.1 Å². The van der Waals surface area contributed by atoms with Crippen LogP contribution in [0.15, 0.2) is 30.5 Å². The van der Waals surface area contributed by atoms with E-state index in [1.807, 2.05) is 11.8 Å². The highest BCUT2D eigenvalue weighted by Gasteiger charge is 2.34. The molecule has 0 radical (unpaired) electrons. The van der Waals surface area contributed by atoms with Crippen LogP contribution in [-0.4, -0.2) is 58.4 Å². The molecule has 0 bridgehead atoms. The summed E-state index contributed by atoms with van der Waals surface area (Å²) in [4.78, 5) is 36.6. The number of anilines is 2. The van der Waals surface area contributed by atoms with Gasteiger partial charge in [0.25, 0.3) is 5.91 Å². The van der Waals surface area contributed by atoms with Gasteiger partial charge in [0.15, 0.2) is 0 Å². The first-order chi connectivity index (χ1) is 21.7. The zero-order valence-corrected chi connectivity index (χ0v) is 26.4. The second-order valence-electron chi connectivity index (χ2n) is 12.7. The van der Waals surface area contributed by atoms with Crippen LogP contribution in [0.2, 0.25) is 0 Å². The van der Waals surface area contributed by atoms with E-state index < -0.39 is 52.4 Å². The molecule has 1 aromatic carbocycles. The highest BCUT2D eigenvalue weighted by atomic mass is 19.1. The molecular weight excluding hydrogens is 603 g/mol. The summed E-state index contributed by atoms with van der Waals surface area (Å²) in [7, 11) is 0. The number of nitrogens with one attached hydrogen (secondary N) is 2. The number of pyridine rings is 2. The summed E-state index contributed by atoms with van der Waals surface area (Å²) in [5, 5.41) is 16.3. The monoisotopic (exact) mass is 641 g/mol. The molecule has 3 heterocycles. The molecule has 3 atom stereocenters. The third-order valence-corrected chi connectivity index (χ3v) is 7.75. The molecule has 2 amide bonds. The van der Waals surface area contributed by atoms with Gasteiger partial charge in [-0.25, -0.2) is 22.9 Å². The van der Waals surface area contributed by atoms with Gasteiger partial charge in [-0.2, -0.15) is 0 Å². The summed E-state index contributed by atoms with van der Waals surface area (Å²) in [6.07, 6.45) is 1.80. The van der Waals surface area contributed by atoms with Gasteiger partial charge in [-0.1, -0.05) is 6.92 Å². The van der Waals surface area contributed by atoms with Crippen molar-refractivity contribution in [2.24, 2.45) is 5.92 Å². The number of carbonyl (C=O) groups excluding carboxylic acids is 2. The van der Waals surface area contributed by atoms with E-state index in [9.17, 15) is 27.9 Å². The van der Waals surface area contributed by atoms with Gasteiger partial charge in [-0.05, 0) is 65.0 Å². The second-order valence-corrected chi connectivity index (χ2v) is 12.7. The van der Waals surface area contributed by atoms with Gasteiger partial charge in [0, 0.05) is 36.8 Å². The first kappa shape index (κ1) is 33.0. The van der Waals surface area contributed by atoms with Gasteiger partial charge in [0.1, 0.15) is 40.2 Å². The highest BCUT2D eigenvalue weighted by molar-refractivity contribution is 6.05. The van der Waals surface area contributed by atoms with E-state index in [1.165, 1.54) is 6.20 Å². The zero-order chi connectivity index (χ0) is 33.3. The van der Waals surface area contributed by atoms with Crippen LogP contribution in [0.25, 0.3) is 11.3 Å². The Morgan fingerprint density at radius 2 is 1.83 bits per heavy atom. The van der Waals surface area contributed by atoms with Crippen molar-refractivity contribution in [1.29, 1.82) is 0 Å². The molecule has 1 unspecified atom stereocenters. The molecule has 2 aromatic heterocycles. The van der Waals surface area contributed by atoms with Crippen molar-refractivity contribution in [1.82, 2.24) is 15.3 Å². The van der Waals surface area contributed by atoms with Crippen LogP contribution in [-0.2, 0) is 11.2 Å². The van der Waals surface area contributed by atoms with E-state index in [0.717, 1.165) is 29.8 Å². The average molecular weight is 642 g/mol. The van der Waals surface area contributed by atoms with Crippen LogP contribution >= 0.6 is 0 Å². The fraction of sp³-hybridized carbons (Fsp3) is 0.455. The van der Waals surface area contributed by atoms with Gasteiger partial charge in [0.05, 0.1) is 41.5 Å². The number of nitrogens with zero attached hydrogens (tertiary/aromatic N) is 3. The fourth-order valence-electron chi connectivity index (χ4n) is 6.03. The van der Waals surface area contributed by atoms with Crippen molar-refractivity contribution in [2.45, 2.75) is 71.6 Å². The lowest BCUT2D eigenvalue weighted by atomic mass is 9.94. The number of hydrogen-bond donors (Lipinski definition) is 3. The number of halogens is 3. The van der Waals surface area contributed by atoms with Crippen molar-refractivity contribution >= 4 is 23.4 Å². The third kappa shape index (κ3) is 7.19. The highest BCUT2D eigenvalue weighted by Crippen LogP contribution is 2.42. The Morgan fingerprint density at radius 3 is 2.50 bits per heavy atom. The van der Waals surface area contributed by atoms with Gasteiger partial charge in [-0.3, -0.25) is 9.78 Å². The maximum absolute atomic E-state index is 14.9. The molecule has 246 valence electrons. The number of ether oxygens (including phenoxy) is 2. The van der Waals surface area contributed by atoms with Crippen LogP contribution < -0.4 is 20.3 Å². The van der Waals surface area contributed by atoms with Crippen molar-refractivity contribution in [3.05, 3.63) is 64.9 Å². The number of rotatable bonds is 7. The number of piperidine rings is 1. The number of alkyl carbamates (subject to hydrolysis) is 1. The zero-order valence-electron chi connectivity index (χ0n) is 26.4. The first-order valence-electron chi connectivity index (χ1n) is 15.3. The number of aliphatic hydroxyl groups excluding tert-OH is 1. The molecule has 1 aliphatic carbocycles. The number of benzene rings is 1. The Hall–Kier alpha value is -4.39. The molecule has 10 nitrogen and oxygen atoms in total. The molecule has 3 N–H and O–H groups in total. The first-order valence-corrected chi connectivity index (χ1v) is 15.3. The number of aromatic nitrogens is 2. The number of fused-ring (bicyclic) bond motifs is 1. The summed E-state index contributed by atoms with van der Waals surface area (Å²) in [6.45, 7) is 10.2. The second kappa shape index (κ2) is 13.1. The molecule has 1 aliphatic heterocycles. The summed E-state index contributed by atoms with van der Waals surface area (Å²) < 4.78 is 55.3. The molecule has 5 rings (SSSR count).